The van der Waals surface area contributed by atoms with Crippen molar-refractivity contribution < 1.29 is 9.53 Å². The number of amides is 2. The summed E-state index contributed by atoms with van der Waals surface area (Å²) in [5, 5.41) is 6.92. The van der Waals surface area contributed by atoms with Gasteiger partial charge in [-0.05, 0) is 31.9 Å². The Morgan fingerprint density at radius 3 is 2.62 bits per heavy atom. The lowest BCUT2D eigenvalue weighted by atomic mass is 10.1. The highest BCUT2D eigenvalue weighted by molar-refractivity contribution is 5.74. The highest BCUT2D eigenvalue weighted by Gasteiger charge is 2.15. The van der Waals surface area contributed by atoms with Gasteiger partial charge in [-0.2, -0.15) is 5.10 Å². The maximum Gasteiger partial charge on any atom is 0.317 e. The van der Waals surface area contributed by atoms with E-state index in [-0.39, 0.29) is 12.1 Å². The first kappa shape index (κ1) is 17.8. The Morgan fingerprint density at radius 1 is 1.38 bits per heavy atom. The van der Waals surface area contributed by atoms with Crippen LogP contribution in [0.2, 0.25) is 0 Å². The van der Waals surface area contributed by atoms with Gasteiger partial charge in [0.2, 0.25) is 0 Å². The molecule has 0 aliphatic heterocycles. The Balaban J connectivity index is 1.84. The quantitative estimate of drug-likeness (QED) is 0.879. The van der Waals surface area contributed by atoms with E-state index in [0.717, 1.165) is 22.7 Å². The summed E-state index contributed by atoms with van der Waals surface area (Å²) in [5.41, 5.74) is 2.18. The van der Waals surface area contributed by atoms with E-state index >= 15 is 0 Å². The maximum absolute atomic E-state index is 12.2. The van der Waals surface area contributed by atoms with Crippen molar-refractivity contribution in [1.29, 1.82) is 0 Å². The molecule has 1 aromatic carbocycles. The molecule has 7 nitrogen and oxygen atoms in total. The van der Waals surface area contributed by atoms with Gasteiger partial charge in [-0.15, -0.1) is 0 Å². The van der Waals surface area contributed by atoms with Crippen molar-refractivity contribution in [1.82, 2.24) is 25.0 Å². The highest BCUT2D eigenvalue weighted by atomic mass is 16.5. The molecule has 2 aromatic rings. The van der Waals surface area contributed by atoms with E-state index in [0.29, 0.717) is 13.2 Å². The molecular weight excluding hydrogens is 306 g/mol. The van der Waals surface area contributed by atoms with Gasteiger partial charge in [0.05, 0.1) is 12.6 Å². The number of aromatic nitrogens is 3. The number of aryl methyl sites for hydroxylation is 3. The van der Waals surface area contributed by atoms with Crippen LogP contribution in [0.4, 0.5) is 4.79 Å². The van der Waals surface area contributed by atoms with E-state index in [1.807, 2.05) is 39.0 Å². The zero-order valence-electron chi connectivity index (χ0n) is 14.9. The summed E-state index contributed by atoms with van der Waals surface area (Å²) in [7, 11) is 3.53. The third kappa shape index (κ3) is 4.47. The highest BCUT2D eigenvalue weighted by Crippen LogP contribution is 2.22. The van der Waals surface area contributed by atoms with Crippen LogP contribution in [0.5, 0.6) is 5.75 Å². The van der Waals surface area contributed by atoms with E-state index in [1.54, 1.807) is 23.7 Å². The van der Waals surface area contributed by atoms with Crippen LogP contribution in [0.25, 0.3) is 0 Å². The molecule has 0 saturated carbocycles. The average Bonchev–Trinajstić information content (AvgIpc) is 2.91. The molecule has 2 amide bonds. The van der Waals surface area contributed by atoms with E-state index in [1.165, 1.54) is 6.33 Å². The summed E-state index contributed by atoms with van der Waals surface area (Å²) in [4.78, 5) is 17.9. The van der Waals surface area contributed by atoms with Crippen LogP contribution in [-0.4, -0.2) is 45.4 Å². The van der Waals surface area contributed by atoms with E-state index in [2.05, 4.69) is 15.4 Å². The van der Waals surface area contributed by atoms with Crippen LogP contribution in [0.1, 0.15) is 23.9 Å². The van der Waals surface area contributed by atoms with E-state index in [4.69, 9.17) is 4.74 Å². The third-order valence-electron chi connectivity index (χ3n) is 3.79. The molecule has 1 atom stereocenters. The number of benzene rings is 1. The molecule has 130 valence electrons. The second-order valence-corrected chi connectivity index (χ2v) is 6.04. The molecule has 0 aliphatic rings. The first-order chi connectivity index (χ1) is 11.4. The van der Waals surface area contributed by atoms with Gasteiger partial charge < -0.3 is 15.0 Å². The second kappa shape index (κ2) is 7.81. The summed E-state index contributed by atoms with van der Waals surface area (Å²) in [6.07, 6.45) is 1.47. The molecule has 0 radical (unpaired) electrons. The fourth-order valence-corrected chi connectivity index (χ4v) is 2.35. The molecule has 24 heavy (non-hydrogen) atoms. The van der Waals surface area contributed by atoms with Crippen molar-refractivity contribution in [2.45, 2.75) is 33.4 Å². The topological polar surface area (TPSA) is 72.3 Å². The number of nitrogens with zero attached hydrogens (tertiary/aromatic N) is 4. The monoisotopic (exact) mass is 331 g/mol. The number of urea groups is 1. The van der Waals surface area contributed by atoms with E-state index in [9.17, 15) is 4.79 Å². The summed E-state index contributed by atoms with van der Waals surface area (Å²) in [6.45, 7) is 6.75. The number of nitrogens with one attached hydrogen (secondary N) is 1. The molecule has 1 N–H and O–H groups in total. The van der Waals surface area contributed by atoms with Crippen molar-refractivity contribution in [3.05, 3.63) is 41.5 Å². The van der Waals surface area contributed by atoms with Gasteiger partial charge in [-0.1, -0.05) is 18.2 Å². The lowest BCUT2D eigenvalue weighted by Crippen LogP contribution is -2.44. The number of carbonyl (C=O) groups is 1. The van der Waals surface area contributed by atoms with Gasteiger partial charge in [0.1, 0.15) is 24.5 Å². The number of ether oxygens (including phenoxy) is 1. The number of para-hydroxylation sites is 1. The fourth-order valence-electron chi connectivity index (χ4n) is 2.35. The number of hydrogen-bond donors (Lipinski definition) is 1. The predicted octanol–water partition coefficient (Wildman–Crippen LogP) is 2.04. The molecular formula is C17H25N5O2. The molecule has 1 heterocycles. The minimum Gasteiger partial charge on any atom is -0.491 e. The van der Waals surface area contributed by atoms with Crippen molar-refractivity contribution in [3.8, 4) is 5.75 Å². The van der Waals surface area contributed by atoms with Gasteiger partial charge in [-0.3, -0.25) is 4.68 Å². The lowest BCUT2D eigenvalue weighted by Gasteiger charge is -2.22. The predicted molar refractivity (Wildman–Crippen MR) is 91.9 cm³/mol. The van der Waals surface area contributed by atoms with Crippen molar-refractivity contribution in [2.75, 3.05) is 13.7 Å². The maximum atomic E-state index is 12.2. The Kier molecular flexibility index (Phi) is 5.78. The Bertz CT molecular complexity index is 678. The molecule has 1 unspecified atom stereocenters. The van der Waals surface area contributed by atoms with Crippen molar-refractivity contribution in [2.24, 2.45) is 7.05 Å². The first-order valence-corrected chi connectivity index (χ1v) is 7.92. The molecule has 2 rings (SSSR count). The minimum atomic E-state index is -0.171. The summed E-state index contributed by atoms with van der Waals surface area (Å²) < 4.78 is 7.53. The number of rotatable bonds is 6. The van der Waals surface area contributed by atoms with Gasteiger partial charge >= 0.3 is 6.03 Å². The summed E-state index contributed by atoms with van der Waals surface area (Å²) in [6, 6.07) is 5.75. The van der Waals surface area contributed by atoms with Gasteiger partial charge in [0.15, 0.2) is 0 Å². The molecule has 0 saturated heterocycles. The number of carbonyl (C=O) groups excluding carboxylic acids is 1. The third-order valence-corrected chi connectivity index (χ3v) is 3.79. The zero-order valence-corrected chi connectivity index (χ0v) is 14.9. The molecule has 1 aromatic heterocycles. The first-order valence-electron chi connectivity index (χ1n) is 7.92. The van der Waals surface area contributed by atoms with Gasteiger partial charge in [0, 0.05) is 14.1 Å². The average molecular weight is 331 g/mol. The van der Waals surface area contributed by atoms with Crippen LogP contribution in [-0.2, 0) is 13.6 Å². The number of hydrogen-bond acceptors (Lipinski definition) is 4. The SMILES string of the molecule is Cc1cccc(C)c1OCC(C)NC(=O)N(C)Cc1ncnn1C. The molecule has 7 heteroatoms. The van der Waals surface area contributed by atoms with Crippen LogP contribution >= 0.6 is 0 Å². The van der Waals surface area contributed by atoms with Gasteiger partial charge in [-0.25, -0.2) is 9.78 Å². The lowest BCUT2D eigenvalue weighted by molar-refractivity contribution is 0.193. The molecule has 0 fully saturated rings. The molecule has 0 spiro atoms. The molecule has 0 aliphatic carbocycles. The van der Waals surface area contributed by atoms with Crippen molar-refractivity contribution in [3.63, 3.8) is 0 Å². The Morgan fingerprint density at radius 2 is 2.04 bits per heavy atom. The van der Waals surface area contributed by atoms with Gasteiger partial charge in [0.25, 0.3) is 0 Å². The summed E-state index contributed by atoms with van der Waals surface area (Å²) in [5.74, 6) is 1.61. The summed E-state index contributed by atoms with van der Waals surface area (Å²) >= 11 is 0. The fraction of sp³-hybridized carbons (Fsp3) is 0.471. The Hall–Kier alpha value is -2.57. The second-order valence-electron chi connectivity index (χ2n) is 6.04. The van der Waals surface area contributed by atoms with Crippen LogP contribution in [0.15, 0.2) is 24.5 Å². The molecule has 0 bridgehead atoms. The smallest absolute Gasteiger partial charge is 0.317 e. The van der Waals surface area contributed by atoms with Crippen LogP contribution < -0.4 is 10.1 Å². The standard InChI is InChI=1S/C17H25N5O2/c1-12-7-6-8-13(2)16(12)24-10-14(3)20-17(23)21(4)9-15-18-11-19-22(15)5/h6-8,11,14H,9-10H2,1-5H3,(H,20,23). The van der Waals surface area contributed by atoms with E-state index < -0.39 is 0 Å². The minimum absolute atomic E-state index is 0.113. The largest absolute Gasteiger partial charge is 0.491 e. The van der Waals surface area contributed by atoms with Crippen LogP contribution in [0, 0.1) is 13.8 Å². The zero-order chi connectivity index (χ0) is 17.7. The van der Waals surface area contributed by atoms with Crippen molar-refractivity contribution >= 4 is 6.03 Å². The normalized spacial score (nSPS) is 11.9. The Labute approximate surface area is 142 Å². The van der Waals surface area contributed by atoms with Crippen LogP contribution in [0.3, 0.4) is 0 Å².